The molecule has 1 fully saturated rings. The van der Waals surface area contributed by atoms with Crippen molar-refractivity contribution in [2.24, 2.45) is 0 Å². The molecular weight excluding hydrogens is 990 g/mol. The molecule has 2 atom stereocenters. The average Bonchev–Trinajstić information content (AvgIpc) is 3.74. The fourth-order valence-corrected chi connectivity index (χ4v) is 17.2. The molecule has 80 heavy (non-hydrogen) atoms. The summed E-state index contributed by atoms with van der Waals surface area (Å²) in [6, 6.07) is 68.3. The predicted octanol–water partition coefficient (Wildman–Crippen LogP) is 19.1. The van der Waals surface area contributed by atoms with Crippen molar-refractivity contribution in [1.82, 2.24) is 0 Å². The summed E-state index contributed by atoms with van der Waals surface area (Å²) in [7, 11) is 0. The van der Waals surface area contributed by atoms with E-state index < -0.39 is 0 Å². The summed E-state index contributed by atoms with van der Waals surface area (Å²) < 4.78 is 9.63. The van der Waals surface area contributed by atoms with Crippen molar-refractivity contribution in [1.29, 1.82) is 0 Å². The minimum Gasteiger partial charge on any atom is -0.456 e. The number of furan rings is 1. The zero-order chi connectivity index (χ0) is 54.4. The topological polar surface area (TPSA) is 22.9 Å². The first-order valence-electron chi connectivity index (χ1n) is 29.4. The zero-order valence-corrected chi connectivity index (χ0v) is 48.5. The Morgan fingerprint density at radius 2 is 1.11 bits per heavy atom. The van der Waals surface area contributed by atoms with Gasteiger partial charge in [-0.05, 0) is 160 Å². The lowest BCUT2D eigenvalue weighted by Gasteiger charge is -2.51. The second-order valence-electron chi connectivity index (χ2n) is 27.0. The fraction of sp³-hybridized carbons (Fsp3) is 0.270. The van der Waals surface area contributed by atoms with Gasteiger partial charge in [0.25, 0.3) is 6.71 Å². The van der Waals surface area contributed by atoms with E-state index >= 15 is 0 Å². The number of hydrogen-bond acceptors (Lipinski definition) is 5. The van der Waals surface area contributed by atoms with Gasteiger partial charge in [-0.25, -0.2) is 0 Å². The van der Waals surface area contributed by atoms with Crippen LogP contribution in [-0.4, -0.2) is 12.3 Å². The Kier molecular flexibility index (Phi) is 10.0. The molecule has 16 rings (SSSR count). The van der Waals surface area contributed by atoms with Crippen LogP contribution in [-0.2, 0) is 21.7 Å². The molecule has 4 nitrogen and oxygen atoms in total. The van der Waals surface area contributed by atoms with Crippen LogP contribution in [0.3, 0.4) is 0 Å². The number of thiophene rings is 1. The van der Waals surface area contributed by atoms with Gasteiger partial charge in [0.15, 0.2) is 0 Å². The van der Waals surface area contributed by atoms with Gasteiger partial charge >= 0.3 is 0 Å². The second kappa shape index (κ2) is 16.5. The fourth-order valence-electron chi connectivity index (χ4n) is 16.0. The maximum atomic E-state index is 7.00. The molecule has 0 spiro atoms. The van der Waals surface area contributed by atoms with Crippen molar-refractivity contribution in [2.75, 3.05) is 14.7 Å². The third kappa shape index (κ3) is 6.57. The van der Waals surface area contributed by atoms with Gasteiger partial charge < -0.3 is 19.1 Å². The number of anilines is 8. The number of rotatable bonds is 4. The molecule has 2 aromatic heterocycles. The van der Waals surface area contributed by atoms with Gasteiger partial charge in [0, 0.05) is 71.3 Å². The van der Waals surface area contributed by atoms with E-state index in [0.29, 0.717) is 0 Å². The van der Waals surface area contributed by atoms with Crippen molar-refractivity contribution in [3.05, 3.63) is 198 Å². The Balaban J connectivity index is 1.10. The van der Waals surface area contributed by atoms with E-state index in [1.165, 1.54) is 128 Å². The summed E-state index contributed by atoms with van der Waals surface area (Å²) in [6.07, 6.45) is 6.99. The van der Waals surface area contributed by atoms with E-state index in [0.717, 1.165) is 47.6 Å². The average molecular weight is 1060 g/mol. The standard InChI is InChI=1S/C74H68BN3OS/c1-70(2,3)46-32-33-58(51(38-46)45-22-11-10-12-23-45)76-61-41-52-48-24-13-17-30-65(48)79-66(52)44-57(61)75-56-42-54-55(72(6,7)37-36-71(54,4)5)43-62(56)77(60-29-21-26-50-49-25-14-18-31-67(49)80-69(50)60)64-40-47(39-63(76)68(64)75)78-59-28-16-15-27-53(59)73(8)34-19-20-35-74(73,78)9/h10-18,21-33,38-44H,19-20,34-37H2,1-9H3. The summed E-state index contributed by atoms with van der Waals surface area (Å²) in [5.74, 6) is 0. The predicted molar refractivity (Wildman–Crippen MR) is 343 cm³/mol. The number of benzene rings is 9. The molecule has 0 amide bonds. The van der Waals surface area contributed by atoms with Gasteiger partial charge in [0.05, 0.1) is 21.6 Å². The highest BCUT2D eigenvalue weighted by Crippen LogP contribution is 2.62. The van der Waals surface area contributed by atoms with Crippen LogP contribution in [0.1, 0.15) is 123 Å². The van der Waals surface area contributed by atoms with Gasteiger partial charge in [0.1, 0.15) is 11.2 Å². The van der Waals surface area contributed by atoms with Crippen LogP contribution < -0.4 is 31.1 Å². The van der Waals surface area contributed by atoms with Gasteiger partial charge in [0.2, 0.25) is 0 Å². The SMILES string of the molecule is CC(C)(C)c1ccc(N2c3cc4c(cc3B3c5cc6c(cc5N(c5cccc7c5sc5ccccc57)c5cc(N7c8ccccc8C8(C)CCCCC78C)cc2c53)C(C)(C)CCC6(C)C)oc2ccccc24)c(-c2ccccc2)c1. The van der Waals surface area contributed by atoms with Gasteiger partial charge in [-0.2, -0.15) is 0 Å². The van der Waals surface area contributed by atoms with Crippen molar-refractivity contribution in [3.63, 3.8) is 0 Å². The van der Waals surface area contributed by atoms with E-state index in [-0.39, 0.29) is 33.9 Å². The molecule has 9 aromatic carbocycles. The number of nitrogens with zero attached hydrogens (tertiary/aromatic N) is 3. The first kappa shape index (κ1) is 48.4. The molecule has 0 bridgehead atoms. The largest absolute Gasteiger partial charge is 0.456 e. The number of hydrogen-bond donors (Lipinski definition) is 0. The van der Waals surface area contributed by atoms with Gasteiger partial charge in [-0.3, -0.25) is 0 Å². The Labute approximate surface area is 475 Å². The van der Waals surface area contributed by atoms with Crippen molar-refractivity contribution < 1.29 is 4.42 Å². The molecule has 0 radical (unpaired) electrons. The molecule has 11 aromatic rings. The summed E-state index contributed by atoms with van der Waals surface area (Å²) in [5, 5.41) is 4.90. The molecule has 0 saturated heterocycles. The smallest absolute Gasteiger partial charge is 0.252 e. The minimum absolute atomic E-state index is 0.0139. The molecule has 6 heteroatoms. The third-order valence-electron chi connectivity index (χ3n) is 20.6. The van der Waals surface area contributed by atoms with Crippen LogP contribution in [0.15, 0.2) is 180 Å². The summed E-state index contributed by atoms with van der Waals surface area (Å²) in [6.45, 7) is 22.0. The Morgan fingerprint density at radius 3 is 1.90 bits per heavy atom. The molecule has 3 aliphatic heterocycles. The maximum Gasteiger partial charge on any atom is 0.252 e. The van der Waals surface area contributed by atoms with Crippen molar-refractivity contribution in [3.8, 4) is 11.1 Å². The highest BCUT2D eigenvalue weighted by Gasteiger charge is 2.58. The lowest BCUT2D eigenvalue weighted by molar-refractivity contribution is 0.195. The van der Waals surface area contributed by atoms with Gasteiger partial charge in [-0.15, -0.1) is 11.3 Å². The van der Waals surface area contributed by atoms with E-state index in [9.17, 15) is 0 Å². The van der Waals surface area contributed by atoms with E-state index in [4.69, 9.17) is 4.42 Å². The van der Waals surface area contributed by atoms with Crippen LogP contribution in [0.25, 0.3) is 53.2 Å². The van der Waals surface area contributed by atoms with Crippen LogP contribution in [0.5, 0.6) is 0 Å². The van der Waals surface area contributed by atoms with Gasteiger partial charge in [-0.1, -0.05) is 177 Å². The zero-order valence-electron chi connectivity index (χ0n) is 47.7. The van der Waals surface area contributed by atoms with Crippen LogP contribution in [0.2, 0.25) is 0 Å². The Hall–Kier alpha value is -7.54. The van der Waals surface area contributed by atoms with Crippen LogP contribution in [0.4, 0.5) is 45.5 Å². The molecule has 5 aliphatic rings. The normalized spacial score (nSPS) is 20.5. The van der Waals surface area contributed by atoms with Crippen LogP contribution >= 0.6 is 11.3 Å². The summed E-state index contributed by atoms with van der Waals surface area (Å²) in [5.41, 5.74) is 23.6. The molecular formula is C74H68BN3OS. The number of para-hydroxylation sites is 2. The Bertz CT molecular complexity index is 4440. The van der Waals surface area contributed by atoms with Crippen LogP contribution in [0, 0.1) is 0 Å². The maximum absolute atomic E-state index is 7.00. The highest BCUT2D eigenvalue weighted by atomic mass is 32.1. The number of fused-ring (bicyclic) bond motifs is 14. The molecule has 5 heterocycles. The lowest BCUT2D eigenvalue weighted by atomic mass is 9.33. The first-order chi connectivity index (χ1) is 38.5. The first-order valence-corrected chi connectivity index (χ1v) is 30.3. The van der Waals surface area contributed by atoms with E-state index in [2.05, 4.69) is 253 Å². The lowest BCUT2D eigenvalue weighted by Crippen LogP contribution is -2.62. The van der Waals surface area contributed by atoms with Crippen molar-refractivity contribution in [2.45, 2.75) is 128 Å². The monoisotopic (exact) mass is 1060 g/mol. The molecule has 394 valence electrons. The summed E-state index contributed by atoms with van der Waals surface area (Å²) in [4.78, 5) is 8.27. The Morgan fingerprint density at radius 1 is 0.475 bits per heavy atom. The van der Waals surface area contributed by atoms with E-state index in [1.807, 2.05) is 11.3 Å². The highest BCUT2D eigenvalue weighted by molar-refractivity contribution is 7.26. The second-order valence-corrected chi connectivity index (χ2v) is 28.0. The quantitative estimate of drug-likeness (QED) is 0.164. The van der Waals surface area contributed by atoms with E-state index in [1.54, 1.807) is 0 Å². The summed E-state index contributed by atoms with van der Waals surface area (Å²) >= 11 is 1.94. The minimum atomic E-state index is -0.171. The van der Waals surface area contributed by atoms with Crippen molar-refractivity contribution >= 4 is 122 Å². The molecule has 2 unspecified atom stereocenters. The molecule has 2 aliphatic carbocycles. The third-order valence-corrected chi connectivity index (χ3v) is 21.8. The molecule has 1 saturated carbocycles. The molecule has 0 N–H and O–H groups in total.